The lowest BCUT2D eigenvalue weighted by atomic mass is 9.94. The Balaban J connectivity index is 1.65. The van der Waals surface area contributed by atoms with Gasteiger partial charge in [0, 0.05) is 25.0 Å². The highest BCUT2D eigenvalue weighted by Gasteiger charge is 2.33. The molecule has 0 spiro atoms. The molecule has 9 heteroatoms. The van der Waals surface area contributed by atoms with Gasteiger partial charge in [0.15, 0.2) is 11.7 Å². The third kappa shape index (κ3) is 6.75. The van der Waals surface area contributed by atoms with Crippen LogP contribution in [-0.2, 0) is 12.7 Å². The van der Waals surface area contributed by atoms with E-state index in [1.807, 2.05) is 0 Å². The highest BCUT2D eigenvalue weighted by Crippen LogP contribution is 2.29. The minimum Gasteiger partial charge on any atom is -0.356 e. The summed E-state index contributed by atoms with van der Waals surface area (Å²) >= 11 is 0.994. The molecule has 1 saturated carbocycles. The standard InChI is InChI=1S/C17H28F3N5S/c1-21-16(23-11-15-24-14(12-26-15)17(18,19)20)22-9-6-10-25(2)13-7-4-3-5-8-13/h12-13H,3-11H2,1-2H3,(H2,21,22,23). The van der Waals surface area contributed by atoms with Crippen LogP contribution in [0.5, 0.6) is 0 Å². The molecule has 0 radical (unpaired) electrons. The van der Waals surface area contributed by atoms with Crippen LogP contribution >= 0.6 is 11.3 Å². The monoisotopic (exact) mass is 391 g/mol. The van der Waals surface area contributed by atoms with Gasteiger partial charge in [-0.1, -0.05) is 19.3 Å². The number of nitrogens with zero attached hydrogens (tertiary/aromatic N) is 3. The van der Waals surface area contributed by atoms with Gasteiger partial charge in [0.25, 0.3) is 0 Å². The molecule has 0 atom stereocenters. The molecule has 148 valence electrons. The van der Waals surface area contributed by atoms with Crippen molar-refractivity contribution in [3.8, 4) is 0 Å². The molecular formula is C17H28F3N5S. The first-order chi connectivity index (χ1) is 12.4. The van der Waals surface area contributed by atoms with E-state index in [4.69, 9.17) is 0 Å². The molecule has 1 aromatic heterocycles. The molecule has 1 aliphatic carbocycles. The number of aromatic nitrogens is 1. The number of alkyl halides is 3. The molecule has 1 aliphatic rings. The van der Waals surface area contributed by atoms with E-state index in [-0.39, 0.29) is 6.54 Å². The van der Waals surface area contributed by atoms with Crippen molar-refractivity contribution < 1.29 is 13.2 Å². The van der Waals surface area contributed by atoms with Crippen molar-refractivity contribution in [2.24, 2.45) is 4.99 Å². The van der Waals surface area contributed by atoms with E-state index >= 15 is 0 Å². The first kappa shape index (κ1) is 21.0. The topological polar surface area (TPSA) is 52.6 Å². The zero-order valence-electron chi connectivity index (χ0n) is 15.4. The molecule has 0 aromatic carbocycles. The molecule has 2 N–H and O–H groups in total. The number of rotatable bonds is 7. The molecule has 1 fully saturated rings. The Morgan fingerprint density at radius 3 is 2.65 bits per heavy atom. The highest BCUT2D eigenvalue weighted by molar-refractivity contribution is 7.09. The average molecular weight is 392 g/mol. The zero-order valence-corrected chi connectivity index (χ0v) is 16.2. The van der Waals surface area contributed by atoms with Crippen molar-refractivity contribution in [2.45, 2.75) is 57.3 Å². The van der Waals surface area contributed by atoms with Gasteiger partial charge in [0.1, 0.15) is 5.01 Å². The number of hydrogen-bond donors (Lipinski definition) is 2. The van der Waals surface area contributed by atoms with Crippen molar-refractivity contribution in [3.63, 3.8) is 0 Å². The molecule has 1 heterocycles. The Bertz CT molecular complexity index is 567. The molecule has 0 amide bonds. The summed E-state index contributed by atoms with van der Waals surface area (Å²) in [5, 5.41) is 7.63. The number of halogens is 3. The van der Waals surface area contributed by atoms with Gasteiger partial charge in [-0.2, -0.15) is 13.2 Å². The molecule has 1 aromatic rings. The Morgan fingerprint density at radius 1 is 1.31 bits per heavy atom. The Kier molecular flexibility index (Phi) is 8.15. The number of nitrogens with one attached hydrogen (secondary N) is 2. The average Bonchev–Trinajstić information content (AvgIpc) is 3.11. The highest BCUT2D eigenvalue weighted by atomic mass is 32.1. The van der Waals surface area contributed by atoms with Crippen molar-refractivity contribution in [1.29, 1.82) is 0 Å². The largest absolute Gasteiger partial charge is 0.434 e. The van der Waals surface area contributed by atoms with Crippen molar-refractivity contribution in [1.82, 2.24) is 20.5 Å². The number of aliphatic imine (C=N–C) groups is 1. The second-order valence-corrected chi connectivity index (χ2v) is 7.55. The van der Waals surface area contributed by atoms with E-state index in [0.717, 1.165) is 36.2 Å². The van der Waals surface area contributed by atoms with Gasteiger partial charge in [-0.3, -0.25) is 4.99 Å². The first-order valence-electron chi connectivity index (χ1n) is 9.06. The van der Waals surface area contributed by atoms with E-state index in [2.05, 4.69) is 32.6 Å². The smallest absolute Gasteiger partial charge is 0.356 e. The lowest BCUT2D eigenvalue weighted by molar-refractivity contribution is -0.140. The Labute approximate surface area is 157 Å². The summed E-state index contributed by atoms with van der Waals surface area (Å²) in [6.07, 6.45) is 3.20. The van der Waals surface area contributed by atoms with E-state index < -0.39 is 11.9 Å². The zero-order chi connectivity index (χ0) is 19.0. The fourth-order valence-electron chi connectivity index (χ4n) is 3.14. The van der Waals surface area contributed by atoms with Crippen LogP contribution in [0.25, 0.3) is 0 Å². The summed E-state index contributed by atoms with van der Waals surface area (Å²) in [7, 11) is 3.83. The third-order valence-electron chi connectivity index (χ3n) is 4.65. The Morgan fingerprint density at radius 2 is 2.04 bits per heavy atom. The van der Waals surface area contributed by atoms with E-state index in [0.29, 0.717) is 17.0 Å². The van der Waals surface area contributed by atoms with Crippen LogP contribution in [0, 0.1) is 0 Å². The number of guanidine groups is 1. The van der Waals surface area contributed by atoms with Crippen LogP contribution in [0.4, 0.5) is 13.2 Å². The summed E-state index contributed by atoms with van der Waals surface area (Å²) in [5.41, 5.74) is -0.840. The predicted molar refractivity (Wildman–Crippen MR) is 99.4 cm³/mol. The second-order valence-electron chi connectivity index (χ2n) is 6.60. The molecule has 0 bridgehead atoms. The van der Waals surface area contributed by atoms with Crippen LogP contribution < -0.4 is 10.6 Å². The fraction of sp³-hybridized carbons (Fsp3) is 0.765. The number of hydrogen-bond acceptors (Lipinski definition) is 4. The van der Waals surface area contributed by atoms with Crippen molar-refractivity contribution in [3.05, 3.63) is 16.1 Å². The summed E-state index contributed by atoms with van der Waals surface area (Å²) in [5.74, 6) is 0.578. The molecule has 26 heavy (non-hydrogen) atoms. The normalized spacial score (nSPS) is 16.9. The first-order valence-corrected chi connectivity index (χ1v) is 9.94. The molecule has 0 aliphatic heterocycles. The maximum atomic E-state index is 12.6. The maximum Gasteiger partial charge on any atom is 0.434 e. The molecule has 0 saturated heterocycles. The van der Waals surface area contributed by atoms with Crippen LogP contribution in [-0.4, -0.2) is 49.1 Å². The van der Waals surface area contributed by atoms with E-state index in [9.17, 15) is 13.2 Å². The quantitative estimate of drug-likeness (QED) is 0.425. The van der Waals surface area contributed by atoms with Crippen LogP contribution in [0.2, 0.25) is 0 Å². The summed E-state index contributed by atoms with van der Waals surface area (Å²) in [4.78, 5) is 10.1. The van der Waals surface area contributed by atoms with Gasteiger partial charge in [0.05, 0.1) is 6.54 Å². The molecular weight excluding hydrogens is 363 g/mol. The SMILES string of the molecule is CN=C(NCCCN(C)C1CCCCC1)NCc1nc(C(F)(F)F)cs1. The fourth-order valence-corrected chi connectivity index (χ4v) is 3.88. The lowest BCUT2D eigenvalue weighted by Crippen LogP contribution is -2.39. The summed E-state index contributed by atoms with van der Waals surface area (Å²) in [6.45, 7) is 2.01. The summed E-state index contributed by atoms with van der Waals surface area (Å²) < 4.78 is 37.7. The minimum atomic E-state index is -4.39. The van der Waals surface area contributed by atoms with Crippen molar-refractivity contribution in [2.75, 3.05) is 27.2 Å². The van der Waals surface area contributed by atoms with Gasteiger partial charge < -0.3 is 15.5 Å². The van der Waals surface area contributed by atoms with Gasteiger partial charge >= 0.3 is 6.18 Å². The van der Waals surface area contributed by atoms with Gasteiger partial charge in [-0.05, 0) is 32.9 Å². The van der Waals surface area contributed by atoms with Gasteiger partial charge in [-0.15, -0.1) is 11.3 Å². The van der Waals surface area contributed by atoms with Gasteiger partial charge in [0.2, 0.25) is 0 Å². The van der Waals surface area contributed by atoms with Crippen LogP contribution in [0.3, 0.4) is 0 Å². The molecule has 2 rings (SSSR count). The van der Waals surface area contributed by atoms with E-state index in [1.54, 1.807) is 7.05 Å². The maximum absolute atomic E-state index is 12.6. The third-order valence-corrected chi connectivity index (χ3v) is 5.50. The minimum absolute atomic E-state index is 0.225. The molecule has 5 nitrogen and oxygen atoms in total. The second kappa shape index (κ2) is 10.1. The number of thiazole rings is 1. The Hall–Kier alpha value is -1.35. The van der Waals surface area contributed by atoms with Crippen molar-refractivity contribution >= 4 is 17.3 Å². The van der Waals surface area contributed by atoms with Gasteiger partial charge in [-0.25, -0.2) is 4.98 Å². The predicted octanol–water partition coefficient (Wildman–Crippen LogP) is 3.48. The van der Waals surface area contributed by atoms with Crippen LogP contribution in [0.1, 0.15) is 49.2 Å². The molecule has 0 unspecified atom stereocenters. The van der Waals surface area contributed by atoms with E-state index in [1.165, 1.54) is 32.1 Å². The lowest BCUT2D eigenvalue weighted by Gasteiger charge is -2.31. The summed E-state index contributed by atoms with van der Waals surface area (Å²) in [6, 6.07) is 0.703. The van der Waals surface area contributed by atoms with Crippen LogP contribution in [0.15, 0.2) is 10.4 Å².